The predicted molar refractivity (Wildman–Crippen MR) is 55.5 cm³/mol. The van der Waals surface area contributed by atoms with Crippen molar-refractivity contribution in [3.63, 3.8) is 0 Å². The molecule has 0 rings (SSSR count). The highest BCUT2D eigenvalue weighted by Gasteiger charge is 2.42. The van der Waals surface area contributed by atoms with Crippen LogP contribution in [0.2, 0.25) is 0 Å². The van der Waals surface area contributed by atoms with Crippen LogP contribution in [0.5, 0.6) is 0 Å². The summed E-state index contributed by atoms with van der Waals surface area (Å²) in [7, 11) is 1.48. The van der Waals surface area contributed by atoms with Gasteiger partial charge in [-0.2, -0.15) is 13.2 Å². The first-order chi connectivity index (χ1) is 6.64. The minimum absolute atomic E-state index is 0.148. The van der Waals surface area contributed by atoms with Gasteiger partial charge in [0.2, 0.25) is 0 Å². The Morgan fingerprint density at radius 3 is 2.20 bits per heavy atom. The van der Waals surface area contributed by atoms with Crippen molar-refractivity contribution >= 4 is 17.2 Å². The lowest BCUT2D eigenvalue weighted by Gasteiger charge is -2.25. The van der Waals surface area contributed by atoms with Crippen molar-refractivity contribution in [3.8, 4) is 0 Å². The molecule has 0 aromatic carbocycles. The van der Waals surface area contributed by atoms with Gasteiger partial charge in [0.15, 0.2) is 0 Å². The van der Waals surface area contributed by atoms with E-state index in [1.807, 2.05) is 0 Å². The molecule has 0 fully saturated rings. The summed E-state index contributed by atoms with van der Waals surface area (Å²) in [5, 5.41) is 8.99. The summed E-state index contributed by atoms with van der Waals surface area (Å²) in [6, 6.07) is 0. The Kier molecular flexibility index (Phi) is 5.47. The molecule has 0 aliphatic rings. The molecule has 0 aliphatic carbocycles. The first kappa shape index (κ1) is 14.6. The summed E-state index contributed by atoms with van der Waals surface area (Å²) in [5.74, 6) is -1.82. The Morgan fingerprint density at radius 1 is 1.47 bits per heavy atom. The lowest BCUT2D eigenvalue weighted by Crippen LogP contribution is -2.43. The molecule has 3 N–H and O–H groups in total. The summed E-state index contributed by atoms with van der Waals surface area (Å²) >= 11 is 4.37. The number of alkyl halides is 3. The van der Waals surface area contributed by atoms with Crippen molar-refractivity contribution in [2.75, 3.05) is 20.1 Å². The van der Waals surface area contributed by atoms with Gasteiger partial charge in [-0.15, -0.1) is 0 Å². The normalized spacial score (nSPS) is 16.5. The fraction of sp³-hybridized carbons (Fsp3) is 0.875. The molecule has 15 heavy (non-hydrogen) atoms. The van der Waals surface area contributed by atoms with Crippen LogP contribution in [0.25, 0.3) is 0 Å². The second kappa shape index (κ2) is 5.62. The Balaban J connectivity index is 4.37. The van der Waals surface area contributed by atoms with Gasteiger partial charge in [0.05, 0.1) is 11.1 Å². The van der Waals surface area contributed by atoms with Crippen LogP contribution in [0.15, 0.2) is 0 Å². The van der Waals surface area contributed by atoms with E-state index >= 15 is 0 Å². The highest BCUT2D eigenvalue weighted by atomic mass is 32.1. The van der Waals surface area contributed by atoms with Crippen molar-refractivity contribution in [1.82, 2.24) is 4.90 Å². The molecule has 2 atom stereocenters. The van der Waals surface area contributed by atoms with Gasteiger partial charge < -0.3 is 15.7 Å². The average molecular weight is 244 g/mol. The Bertz CT molecular complexity index is 220. The molecule has 2 unspecified atom stereocenters. The molecule has 3 nitrogen and oxygen atoms in total. The molecule has 0 aliphatic heterocycles. The number of aliphatic hydroxyl groups excluding tert-OH is 1. The average Bonchev–Trinajstić information content (AvgIpc) is 1.95. The maximum atomic E-state index is 12.4. The Morgan fingerprint density at radius 2 is 1.93 bits per heavy atom. The molecular weight excluding hydrogens is 229 g/mol. The summed E-state index contributed by atoms with van der Waals surface area (Å²) in [6.45, 7) is 1.32. The molecule has 0 saturated heterocycles. The van der Waals surface area contributed by atoms with Crippen LogP contribution in [0.3, 0.4) is 0 Å². The lowest BCUT2D eigenvalue weighted by atomic mass is 10.1. The minimum atomic E-state index is -4.43. The molecule has 0 spiro atoms. The van der Waals surface area contributed by atoms with E-state index in [2.05, 4.69) is 12.2 Å². The Hall–Kier alpha value is -0.400. The maximum absolute atomic E-state index is 12.4. The number of likely N-dealkylation sites (N-methyl/N-ethyl adjacent to an activating group) is 1. The highest BCUT2D eigenvalue weighted by molar-refractivity contribution is 7.80. The van der Waals surface area contributed by atoms with Crippen molar-refractivity contribution in [2.45, 2.75) is 19.2 Å². The molecule has 7 heteroatoms. The van der Waals surface area contributed by atoms with Gasteiger partial charge in [-0.05, 0) is 14.0 Å². The zero-order chi connectivity index (χ0) is 12.2. The van der Waals surface area contributed by atoms with E-state index in [9.17, 15) is 13.2 Å². The maximum Gasteiger partial charge on any atom is 0.399 e. The minimum Gasteiger partial charge on any atom is -0.393 e. The van der Waals surface area contributed by atoms with E-state index in [1.165, 1.54) is 18.9 Å². The SMILES string of the molecule is CC(O)CN(C)CC(C(N)=S)C(F)(F)F. The summed E-state index contributed by atoms with van der Waals surface area (Å²) in [6.07, 6.45) is -5.12. The van der Waals surface area contributed by atoms with E-state index in [1.54, 1.807) is 0 Å². The van der Waals surface area contributed by atoms with Crippen LogP contribution in [0, 0.1) is 5.92 Å². The van der Waals surface area contributed by atoms with Crippen LogP contribution >= 0.6 is 12.2 Å². The van der Waals surface area contributed by atoms with E-state index in [0.717, 1.165) is 0 Å². The molecule has 0 radical (unpaired) electrons. The number of thiocarbonyl (C=S) groups is 1. The largest absolute Gasteiger partial charge is 0.399 e. The van der Waals surface area contributed by atoms with Crippen molar-refractivity contribution in [2.24, 2.45) is 11.7 Å². The smallest absolute Gasteiger partial charge is 0.393 e. The molecule has 0 bridgehead atoms. The number of hydrogen-bond acceptors (Lipinski definition) is 3. The van der Waals surface area contributed by atoms with Crippen molar-refractivity contribution < 1.29 is 18.3 Å². The van der Waals surface area contributed by atoms with Crippen LogP contribution < -0.4 is 5.73 Å². The molecule has 90 valence electrons. The monoisotopic (exact) mass is 244 g/mol. The van der Waals surface area contributed by atoms with E-state index < -0.39 is 23.2 Å². The molecule has 0 aromatic heterocycles. The number of aliphatic hydroxyl groups is 1. The number of nitrogens with zero attached hydrogens (tertiary/aromatic N) is 1. The molecular formula is C8H15F3N2OS. The third kappa shape index (κ3) is 5.91. The van der Waals surface area contributed by atoms with Crippen LogP contribution in [-0.4, -0.2) is 47.4 Å². The van der Waals surface area contributed by atoms with Gasteiger partial charge in [0, 0.05) is 13.1 Å². The van der Waals surface area contributed by atoms with Crippen molar-refractivity contribution in [3.05, 3.63) is 0 Å². The second-order valence-electron chi connectivity index (χ2n) is 3.57. The zero-order valence-electron chi connectivity index (χ0n) is 8.58. The summed E-state index contributed by atoms with van der Waals surface area (Å²) in [4.78, 5) is 0.780. The topological polar surface area (TPSA) is 49.5 Å². The third-order valence-electron chi connectivity index (χ3n) is 1.81. The molecule has 0 heterocycles. The van der Waals surface area contributed by atoms with Gasteiger partial charge in [-0.3, -0.25) is 0 Å². The third-order valence-corrected chi connectivity index (χ3v) is 2.09. The summed E-state index contributed by atoms with van der Waals surface area (Å²) < 4.78 is 37.2. The van der Waals surface area contributed by atoms with Crippen LogP contribution in [-0.2, 0) is 0 Å². The fourth-order valence-electron chi connectivity index (χ4n) is 1.19. The van der Waals surface area contributed by atoms with Crippen LogP contribution in [0.4, 0.5) is 13.2 Å². The van der Waals surface area contributed by atoms with E-state index in [0.29, 0.717) is 0 Å². The first-order valence-corrected chi connectivity index (χ1v) is 4.78. The predicted octanol–water partition coefficient (Wildman–Crippen LogP) is 0.764. The number of halogens is 3. The zero-order valence-corrected chi connectivity index (χ0v) is 9.40. The van der Waals surface area contributed by atoms with E-state index in [4.69, 9.17) is 10.8 Å². The second-order valence-corrected chi connectivity index (χ2v) is 4.04. The number of hydrogen-bond donors (Lipinski definition) is 2. The number of nitrogens with two attached hydrogens (primary N) is 1. The Labute approximate surface area is 92.0 Å². The lowest BCUT2D eigenvalue weighted by molar-refractivity contribution is -0.159. The van der Waals surface area contributed by atoms with Crippen LogP contribution in [0.1, 0.15) is 6.92 Å². The first-order valence-electron chi connectivity index (χ1n) is 4.37. The van der Waals surface area contributed by atoms with Gasteiger partial charge in [-0.25, -0.2) is 0 Å². The molecule has 0 saturated carbocycles. The van der Waals surface area contributed by atoms with Gasteiger partial charge >= 0.3 is 6.18 Å². The standard InChI is InChI=1S/C8H15F3N2OS/c1-5(14)3-13(2)4-6(7(12)15)8(9,10)11/h5-6,14H,3-4H2,1-2H3,(H2,12,15). The summed E-state index contributed by atoms with van der Waals surface area (Å²) in [5.41, 5.74) is 5.02. The van der Waals surface area contributed by atoms with Gasteiger partial charge in [0.1, 0.15) is 5.92 Å². The van der Waals surface area contributed by atoms with Gasteiger partial charge in [-0.1, -0.05) is 12.2 Å². The quantitative estimate of drug-likeness (QED) is 0.701. The van der Waals surface area contributed by atoms with Gasteiger partial charge in [0.25, 0.3) is 0 Å². The fourth-order valence-corrected chi connectivity index (χ4v) is 1.40. The molecule has 0 amide bonds. The van der Waals surface area contributed by atoms with Crippen molar-refractivity contribution in [1.29, 1.82) is 0 Å². The highest BCUT2D eigenvalue weighted by Crippen LogP contribution is 2.27. The van der Waals surface area contributed by atoms with E-state index in [-0.39, 0.29) is 13.1 Å². The molecule has 0 aromatic rings. The number of rotatable bonds is 5.